The number of aromatic nitrogens is 1. The van der Waals surface area contributed by atoms with E-state index in [1.54, 1.807) is 7.11 Å². The summed E-state index contributed by atoms with van der Waals surface area (Å²) in [6.45, 7) is 0.563. The van der Waals surface area contributed by atoms with Gasteiger partial charge in [0.2, 0.25) is 0 Å². The van der Waals surface area contributed by atoms with Crippen LogP contribution in [0.1, 0.15) is 48.5 Å². The molecule has 1 aliphatic heterocycles. The molecule has 2 aliphatic rings. The molecule has 1 saturated carbocycles. The van der Waals surface area contributed by atoms with Crippen LogP contribution in [-0.2, 0) is 6.54 Å². The first kappa shape index (κ1) is 18.8. The molecule has 1 N–H and O–H groups in total. The zero-order valence-corrected chi connectivity index (χ0v) is 17.3. The second-order valence-corrected chi connectivity index (χ2v) is 8.17. The van der Waals surface area contributed by atoms with Gasteiger partial charge in [0.15, 0.2) is 0 Å². The molecule has 0 saturated heterocycles. The number of hydrogen-bond donors (Lipinski definition) is 1. The van der Waals surface area contributed by atoms with Crippen molar-refractivity contribution in [3.05, 3.63) is 83.7 Å². The van der Waals surface area contributed by atoms with Crippen molar-refractivity contribution in [3.8, 4) is 11.4 Å². The van der Waals surface area contributed by atoms with Crippen LogP contribution in [0, 0.1) is 0 Å². The number of methoxy groups -OCH3 is 1. The van der Waals surface area contributed by atoms with Gasteiger partial charge < -0.3 is 19.5 Å². The number of carbonyl (C=O) groups is 1. The third-order valence-electron chi connectivity index (χ3n) is 6.34. The predicted molar refractivity (Wildman–Crippen MR) is 117 cm³/mol. The second kappa shape index (κ2) is 7.90. The minimum absolute atomic E-state index is 0.00664. The normalized spacial score (nSPS) is 18.4. The molecule has 0 unspecified atom stereocenters. The number of carbonyl (C=O) groups excluding carboxylic acids is 1. The van der Waals surface area contributed by atoms with Crippen molar-refractivity contribution in [2.45, 2.75) is 44.3 Å². The van der Waals surface area contributed by atoms with Crippen molar-refractivity contribution < 1.29 is 9.53 Å². The molecular weight excluding hydrogens is 374 g/mol. The predicted octanol–water partition coefficient (Wildman–Crippen LogP) is 5.04. The second-order valence-electron chi connectivity index (χ2n) is 8.17. The highest BCUT2D eigenvalue weighted by Gasteiger charge is 2.34. The smallest absolute Gasteiger partial charge is 0.318 e. The average molecular weight is 402 g/mol. The van der Waals surface area contributed by atoms with Crippen molar-refractivity contribution in [1.29, 1.82) is 0 Å². The Bertz CT molecular complexity index is 1030. The van der Waals surface area contributed by atoms with Gasteiger partial charge in [-0.05, 0) is 54.3 Å². The first-order chi connectivity index (χ1) is 14.7. The van der Waals surface area contributed by atoms with Crippen LogP contribution in [0.25, 0.3) is 5.69 Å². The Hall–Kier alpha value is -3.21. The molecule has 5 rings (SSSR count). The number of amides is 2. The zero-order chi connectivity index (χ0) is 20.5. The summed E-state index contributed by atoms with van der Waals surface area (Å²) in [5.41, 5.74) is 4.44. The number of fused-ring (bicyclic) bond motifs is 3. The van der Waals surface area contributed by atoms with Crippen molar-refractivity contribution in [2.24, 2.45) is 0 Å². The first-order valence-electron chi connectivity index (χ1n) is 10.7. The van der Waals surface area contributed by atoms with Gasteiger partial charge in [0.25, 0.3) is 0 Å². The molecule has 5 nitrogen and oxygen atoms in total. The molecule has 30 heavy (non-hydrogen) atoms. The number of nitrogens with one attached hydrogen (secondary N) is 1. The summed E-state index contributed by atoms with van der Waals surface area (Å²) in [5.74, 6) is 0.813. The van der Waals surface area contributed by atoms with E-state index in [1.165, 1.54) is 12.8 Å². The maximum Gasteiger partial charge on any atom is 0.318 e. The summed E-state index contributed by atoms with van der Waals surface area (Å²) in [5, 5.41) is 3.31. The van der Waals surface area contributed by atoms with Crippen LogP contribution in [0.5, 0.6) is 5.75 Å². The molecule has 5 heteroatoms. The van der Waals surface area contributed by atoms with Crippen LogP contribution in [0.2, 0.25) is 0 Å². The highest BCUT2D eigenvalue weighted by molar-refractivity contribution is 5.76. The van der Waals surface area contributed by atoms with Gasteiger partial charge in [-0.1, -0.05) is 43.2 Å². The van der Waals surface area contributed by atoms with E-state index in [1.807, 2.05) is 23.1 Å². The van der Waals surface area contributed by atoms with E-state index in [0.717, 1.165) is 41.1 Å². The molecule has 0 bridgehead atoms. The molecule has 2 amide bonds. The fourth-order valence-corrected chi connectivity index (χ4v) is 4.80. The molecule has 2 heterocycles. The fraction of sp³-hybridized carbons (Fsp3) is 0.320. The van der Waals surface area contributed by atoms with Crippen molar-refractivity contribution in [3.63, 3.8) is 0 Å². The maximum absolute atomic E-state index is 13.5. The van der Waals surface area contributed by atoms with Crippen LogP contribution < -0.4 is 10.1 Å². The molecule has 154 valence electrons. The van der Waals surface area contributed by atoms with Gasteiger partial charge >= 0.3 is 6.03 Å². The third kappa shape index (κ3) is 3.34. The lowest BCUT2D eigenvalue weighted by Crippen LogP contribution is -2.45. The highest BCUT2D eigenvalue weighted by Crippen LogP contribution is 2.37. The van der Waals surface area contributed by atoms with Crippen molar-refractivity contribution in [2.75, 3.05) is 7.11 Å². The van der Waals surface area contributed by atoms with Crippen LogP contribution in [0.4, 0.5) is 4.79 Å². The Morgan fingerprint density at radius 1 is 1.00 bits per heavy atom. The van der Waals surface area contributed by atoms with Gasteiger partial charge in [-0.2, -0.15) is 0 Å². The fourth-order valence-electron chi connectivity index (χ4n) is 4.80. The molecule has 0 spiro atoms. The van der Waals surface area contributed by atoms with Crippen LogP contribution in [-0.4, -0.2) is 28.6 Å². The molecule has 2 aromatic carbocycles. The lowest BCUT2D eigenvalue weighted by atomic mass is 10.0. The summed E-state index contributed by atoms with van der Waals surface area (Å²) >= 11 is 0. The van der Waals surface area contributed by atoms with E-state index in [9.17, 15) is 4.79 Å². The number of nitrogens with zero attached hydrogens (tertiary/aromatic N) is 2. The number of urea groups is 1. The van der Waals surface area contributed by atoms with Crippen LogP contribution in [0.3, 0.4) is 0 Å². The monoisotopic (exact) mass is 401 g/mol. The standard InChI is InChI=1S/C25H27N3O2/c1-30-21-14-12-18(13-15-21)24-23-11-6-16-27(23)22-10-5-2-7-19(22)17-28(24)25(29)26-20-8-3-4-9-20/h2,5-7,10-16,20,24H,3-4,8-9,17H2,1H3,(H,26,29)/t24-/m1/s1. The average Bonchev–Trinajstić information content (AvgIpc) is 3.44. The largest absolute Gasteiger partial charge is 0.497 e. The molecule has 1 fully saturated rings. The Labute approximate surface area is 177 Å². The van der Waals surface area contributed by atoms with E-state index >= 15 is 0 Å². The van der Waals surface area contributed by atoms with E-state index in [-0.39, 0.29) is 18.1 Å². The summed E-state index contributed by atoms with van der Waals surface area (Å²) in [4.78, 5) is 15.5. The van der Waals surface area contributed by atoms with E-state index in [0.29, 0.717) is 6.54 Å². The van der Waals surface area contributed by atoms with E-state index in [4.69, 9.17) is 4.74 Å². The number of hydrogen-bond acceptors (Lipinski definition) is 2. The maximum atomic E-state index is 13.5. The number of rotatable bonds is 3. The van der Waals surface area contributed by atoms with Crippen LogP contribution in [0.15, 0.2) is 66.9 Å². The topological polar surface area (TPSA) is 46.5 Å². The molecular formula is C25H27N3O2. The summed E-state index contributed by atoms with van der Waals surface area (Å²) in [6.07, 6.45) is 6.61. The Morgan fingerprint density at radius 2 is 1.77 bits per heavy atom. The van der Waals surface area contributed by atoms with Crippen molar-refractivity contribution in [1.82, 2.24) is 14.8 Å². The summed E-state index contributed by atoms with van der Waals surface area (Å²) in [6, 6.07) is 20.7. The quantitative estimate of drug-likeness (QED) is 0.668. The molecule has 1 aromatic heterocycles. The lowest BCUT2D eigenvalue weighted by Gasteiger charge is -2.32. The zero-order valence-electron chi connectivity index (χ0n) is 17.3. The molecule has 1 aliphatic carbocycles. The third-order valence-corrected chi connectivity index (χ3v) is 6.34. The van der Waals surface area contributed by atoms with Gasteiger partial charge in [0.05, 0.1) is 25.4 Å². The first-order valence-corrected chi connectivity index (χ1v) is 10.7. The van der Waals surface area contributed by atoms with Gasteiger partial charge in [0, 0.05) is 17.9 Å². The molecule has 0 radical (unpaired) electrons. The Kier molecular flexibility index (Phi) is 4.95. The van der Waals surface area contributed by atoms with E-state index in [2.05, 4.69) is 58.5 Å². The minimum atomic E-state index is -0.181. The van der Waals surface area contributed by atoms with Crippen molar-refractivity contribution >= 4 is 6.03 Å². The van der Waals surface area contributed by atoms with Gasteiger partial charge in [-0.25, -0.2) is 4.79 Å². The molecule has 3 aromatic rings. The Balaban J connectivity index is 1.60. The van der Waals surface area contributed by atoms with E-state index < -0.39 is 0 Å². The number of ether oxygens (including phenoxy) is 1. The van der Waals surface area contributed by atoms with Gasteiger partial charge in [-0.15, -0.1) is 0 Å². The minimum Gasteiger partial charge on any atom is -0.497 e. The Morgan fingerprint density at radius 3 is 2.53 bits per heavy atom. The van der Waals surface area contributed by atoms with Crippen LogP contribution >= 0.6 is 0 Å². The summed E-state index contributed by atoms with van der Waals surface area (Å²) < 4.78 is 7.57. The molecule has 1 atom stereocenters. The SMILES string of the molecule is COc1ccc([C@@H]2c3cccn3-c3ccccc3CN2C(=O)NC2CCCC2)cc1. The summed E-state index contributed by atoms with van der Waals surface area (Å²) in [7, 11) is 1.67. The van der Waals surface area contributed by atoms with Gasteiger partial charge in [0.1, 0.15) is 5.75 Å². The number of para-hydroxylation sites is 1. The lowest BCUT2D eigenvalue weighted by molar-refractivity contribution is 0.176. The van der Waals surface area contributed by atoms with Gasteiger partial charge in [-0.3, -0.25) is 0 Å². The highest BCUT2D eigenvalue weighted by atomic mass is 16.5. The number of benzene rings is 2.